The van der Waals surface area contributed by atoms with Gasteiger partial charge in [-0.2, -0.15) is 0 Å². The van der Waals surface area contributed by atoms with Crippen LogP contribution >= 0.6 is 0 Å². The Kier molecular flexibility index (Phi) is 5.12. The normalized spacial score (nSPS) is 10.5. The van der Waals surface area contributed by atoms with Gasteiger partial charge in [0.2, 0.25) is 0 Å². The van der Waals surface area contributed by atoms with Gasteiger partial charge in [0.15, 0.2) is 0 Å². The highest BCUT2D eigenvalue weighted by atomic mass is 16.5. The number of hydrogen-bond acceptors (Lipinski definition) is 2. The molecule has 0 unspecified atom stereocenters. The van der Waals surface area contributed by atoms with Crippen molar-refractivity contribution in [2.75, 3.05) is 11.9 Å². The number of rotatable bonds is 6. The van der Waals surface area contributed by atoms with E-state index >= 15 is 0 Å². The molecule has 24 heavy (non-hydrogen) atoms. The largest absolute Gasteiger partial charge is 0.494 e. The predicted molar refractivity (Wildman–Crippen MR) is 98.7 cm³/mol. The van der Waals surface area contributed by atoms with Crippen LogP contribution in [0.2, 0.25) is 0 Å². The third-order valence-corrected chi connectivity index (χ3v) is 3.87. The fourth-order valence-electron chi connectivity index (χ4n) is 2.53. The molecule has 0 heterocycles. The smallest absolute Gasteiger partial charge is 0.255 e. The number of amides is 1. The van der Waals surface area contributed by atoms with Crippen molar-refractivity contribution in [3.8, 4) is 5.75 Å². The van der Waals surface area contributed by atoms with Crippen LogP contribution in [0.5, 0.6) is 5.75 Å². The third-order valence-electron chi connectivity index (χ3n) is 3.87. The molecule has 0 spiro atoms. The molecule has 0 atom stereocenters. The number of carbonyl (C=O) groups is 1. The van der Waals surface area contributed by atoms with Gasteiger partial charge in [-0.3, -0.25) is 4.79 Å². The third kappa shape index (κ3) is 3.93. The van der Waals surface area contributed by atoms with E-state index in [1.54, 1.807) is 12.1 Å². The first-order valence-corrected chi connectivity index (χ1v) is 8.29. The van der Waals surface area contributed by atoms with Crippen LogP contribution in [0, 0.1) is 0 Å². The Morgan fingerprint density at radius 1 is 0.958 bits per heavy atom. The van der Waals surface area contributed by atoms with Gasteiger partial charge in [-0.15, -0.1) is 0 Å². The first-order valence-electron chi connectivity index (χ1n) is 8.29. The van der Waals surface area contributed by atoms with Crippen molar-refractivity contribution < 1.29 is 9.53 Å². The van der Waals surface area contributed by atoms with Crippen LogP contribution in [-0.4, -0.2) is 12.5 Å². The maximum Gasteiger partial charge on any atom is 0.255 e. The Labute approximate surface area is 142 Å². The number of ether oxygens (including phenoxy) is 1. The fraction of sp³-hybridized carbons (Fsp3) is 0.190. The van der Waals surface area contributed by atoms with Crippen molar-refractivity contribution >= 4 is 22.4 Å². The average molecular weight is 319 g/mol. The number of nitrogens with one attached hydrogen (secondary N) is 1. The van der Waals surface area contributed by atoms with Gasteiger partial charge in [0.05, 0.1) is 6.61 Å². The average Bonchev–Trinajstić information content (AvgIpc) is 2.62. The quantitative estimate of drug-likeness (QED) is 0.628. The molecule has 3 aromatic carbocycles. The lowest BCUT2D eigenvalue weighted by Crippen LogP contribution is -2.12. The molecular weight excluding hydrogens is 298 g/mol. The van der Waals surface area contributed by atoms with E-state index in [2.05, 4.69) is 18.3 Å². The molecule has 0 radical (unpaired) electrons. The molecular formula is C21H21NO2. The molecule has 0 saturated carbocycles. The Balaban J connectivity index is 1.72. The van der Waals surface area contributed by atoms with Crippen molar-refractivity contribution in [3.05, 3.63) is 72.3 Å². The van der Waals surface area contributed by atoms with Crippen molar-refractivity contribution in [2.45, 2.75) is 19.8 Å². The van der Waals surface area contributed by atoms with E-state index in [0.717, 1.165) is 35.1 Å². The van der Waals surface area contributed by atoms with Crippen LogP contribution < -0.4 is 10.1 Å². The molecule has 0 bridgehead atoms. The van der Waals surface area contributed by atoms with Crippen LogP contribution in [-0.2, 0) is 0 Å². The Morgan fingerprint density at radius 2 is 1.79 bits per heavy atom. The molecule has 3 rings (SSSR count). The minimum absolute atomic E-state index is 0.133. The molecule has 122 valence electrons. The van der Waals surface area contributed by atoms with Gasteiger partial charge in [-0.25, -0.2) is 0 Å². The summed E-state index contributed by atoms with van der Waals surface area (Å²) in [6.07, 6.45) is 2.09. The second-order valence-corrected chi connectivity index (χ2v) is 5.75. The molecule has 0 fully saturated rings. The van der Waals surface area contributed by atoms with Gasteiger partial charge >= 0.3 is 0 Å². The Bertz CT molecular complexity index is 842. The summed E-state index contributed by atoms with van der Waals surface area (Å²) in [6.45, 7) is 2.79. The zero-order chi connectivity index (χ0) is 16.8. The lowest BCUT2D eigenvalue weighted by molar-refractivity contribution is 0.102. The van der Waals surface area contributed by atoms with Gasteiger partial charge in [-0.1, -0.05) is 49.7 Å². The van der Waals surface area contributed by atoms with Crippen LogP contribution in [0.4, 0.5) is 5.69 Å². The molecule has 3 aromatic rings. The van der Waals surface area contributed by atoms with Gasteiger partial charge in [0.25, 0.3) is 5.91 Å². The summed E-state index contributed by atoms with van der Waals surface area (Å²) in [5.41, 5.74) is 1.38. The number of benzene rings is 3. The number of unbranched alkanes of at least 4 members (excludes halogenated alkanes) is 1. The van der Waals surface area contributed by atoms with E-state index in [9.17, 15) is 4.79 Å². The Hall–Kier alpha value is -2.81. The molecule has 0 aliphatic rings. The Morgan fingerprint density at radius 3 is 2.62 bits per heavy atom. The number of fused-ring (bicyclic) bond motifs is 1. The highest BCUT2D eigenvalue weighted by molar-refractivity contribution is 6.05. The second kappa shape index (κ2) is 7.64. The summed E-state index contributed by atoms with van der Waals surface area (Å²) in [7, 11) is 0. The zero-order valence-corrected chi connectivity index (χ0v) is 13.8. The standard InChI is InChI=1S/C21H21NO2/c1-2-3-13-24-20-10-6-9-18(15-20)21(23)22-19-12-11-16-7-4-5-8-17(16)14-19/h4-12,14-15H,2-3,13H2,1H3,(H,22,23). The van der Waals surface area contributed by atoms with E-state index in [4.69, 9.17) is 4.74 Å². The van der Waals surface area contributed by atoms with Crippen molar-refractivity contribution in [1.29, 1.82) is 0 Å². The topological polar surface area (TPSA) is 38.3 Å². The summed E-state index contributed by atoms with van der Waals surface area (Å²) in [5, 5.41) is 5.21. The van der Waals surface area contributed by atoms with Crippen LogP contribution in [0.15, 0.2) is 66.7 Å². The molecule has 1 amide bonds. The molecule has 1 N–H and O–H groups in total. The monoisotopic (exact) mass is 319 g/mol. The summed E-state index contributed by atoms with van der Waals surface area (Å²) >= 11 is 0. The second-order valence-electron chi connectivity index (χ2n) is 5.75. The van der Waals surface area contributed by atoms with Crippen molar-refractivity contribution in [3.63, 3.8) is 0 Å². The fourth-order valence-corrected chi connectivity index (χ4v) is 2.53. The van der Waals surface area contributed by atoms with E-state index in [0.29, 0.717) is 12.2 Å². The highest BCUT2D eigenvalue weighted by Gasteiger charge is 2.08. The van der Waals surface area contributed by atoms with Crippen LogP contribution in [0.1, 0.15) is 30.1 Å². The maximum absolute atomic E-state index is 12.5. The first-order chi connectivity index (χ1) is 11.8. The highest BCUT2D eigenvalue weighted by Crippen LogP contribution is 2.20. The van der Waals surface area contributed by atoms with Crippen LogP contribution in [0.25, 0.3) is 10.8 Å². The van der Waals surface area contributed by atoms with E-state index in [1.807, 2.05) is 48.5 Å². The molecule has 0 saturated heterocycles. The number of carbonyl (C=O) groups excluding carboxylic acids is 1. The van der Waals surface area contributed by atoms with Gasteiger partial charge in [0, 0.05) is 11.3 Å². The number of anilines is 1. The summed E-state index contributed by atoms with van der Waals surface area (Å²) in [4.78, 5) is 12.5. The molecule has 0 aliphatic heterocycles. The van der Waals surface area contributed by atoms with Crippen molar-refractivity contribution in [2.24, 2.45) is 0 Å². The van der Waals surface area contributed by atoms with Crippen LogP contribution in [0.3, 0.4) is 0 Å². The molecule has 0 aromatic heterocycles. The molecule has 3 heteroatoms. The summed E-state index contributed by atoms with van der Waals surface area (Å²) < 4.78 is 5.67. The van der Waals surface area contributed by atoms with E-state index in [-0.39, 0.29) is 5.91 Å². The molecule has 3 nitrogen and oxygen atoms in total. The lowest BCUT2D eigenvalue weighted by atomic mass is 10.1. The van der Waals surface area contributed by atoms with Crippen molar-refractivity contribution in [1.82, 2.24) is 0 Å². The zero-order valence-electron chi connectivity index (χ0n) is 13.8. The van der Waals surface area contributed by atoms with E-state index < -0.39 is 0 Å². The SMILES string of the molecule is CCCCOc1cccc(C(=O)Nc2ccc3ccccc3c2)c1. The summed E-state index contributed by atoms with van der Waals surface area (Å²) in [5.74, 6) is 0.598. The summed E-state index contributed by atoms with van der Waals surface area (Å²) in [6, 6.07) is 21.3. The van der Waals surface area contributed by atoms with Gasteiger partial charge in [-0.05, 0) is 47.5 Å². The van der Waals surface area contributed by atoms with Gasteiger partial charge < -0.3 is 10.1 Å². The van der Waals surface area contributed by atoms with Gasteiger partial charge in [0.1, 0.15) is 5.75 Å². The first kappa shape index (κ1) is 16.1. The lowest BCUT2D eigenvalue weighted by Gasteiger charge is -2.09. The maximum atomic E-state index is 12.5. The molecule has 0 aliphatic carbocycles. The van der Waals surface area contributed by atoms with E-state index in [1.165, 1.54) is 0 Å². The predicted octanol–water partition coefficient (Wildman–Crippen LogP) is 5.27. The minimum Gasteiger partial charge on any atom is -0.494 e. The minimum atomic E-state index is -0.133. The number of hydrogen-bond donors (Lipinski definition) is 1.